The monoisotopic (exact) mass is 297 g/mol. The lowest BCUT2D eigenvalue weighted by Crippen LogP contribution is -2.27. The topological polar surface area (TPSA) is 40.5 Å². The molecule has 1 N–H and O–H groups in total. The lowest BCUT2D eigenvalue weighted by Gasteiger charge is -2.21. The number of carboxylic acids is 1. The molecule has 0 aromatic heterocycles. The number of unbranched alkanes of at least 4 members (excludes halogenated alkanes) is 3. The minimum atomic E-state index is -0.914. The molecule has 0 aliphatic heterocycles. The Labute approximate surface area is 131 Å². The van der Waals surface area contributed by atoms with Gasteiger partial charge in [0.25, 0.3) is 0 Å². The van der Waals surface area contributed by atoms with Crippen LogP contribution in [-0.4, -0.2) is 35.6 Å². The summed E-state index contributed by atoms with van der Waals surface area (Å²) in [7, 11) is 0. The second kappa shape index (κ2) is 18.9. The van der Waals surface area contributed by atoms with Gasteiger partial charge in [0, 0.05) is 6.08 Å². The van der Waals surface area contributed by atoms with E-state index in [1.54, 1.807) is 12.2 Å². The molecule has 0 saturated heterocycles. The van der Waals surface area contributed by atoms with Crippen LogP contribution in [0.15, 0.2) is 24.3 Å². The highest BCUT2D eigenvalue weighted by molar-refractivity contribution is 5.80. The van der Waals surface area contributed by atoms with E-state index < -0.39 is 5.97 Å². The molecule has 0 unspecified atom stereocenters. The van der Waals surface area contributed by atoms with Crippen molar-refractivity contribution in [1.29, 1.82) is 0 Å². The van der Waals surface area contributed by atoms with Gasteiger partial charge < -0.3 is 10.0 Å². The van der Waals surface area contributed by atoms with Crippen molar-refractivity contribution in [1.82, 2.24) is 4.90 Å². The summed E-state index contributed by atoms with van der Waals surface area (Å²) in [5, 5.41) is 8.02. The summed E-state index contributed by atoms with van der Waals surface area (Å²) in [6.07, 6.45) is 14.1. The molecule has 3 nitrogen and oxygen atoms in total. The van der Waals surface area contributed by atoms with Crippen LogP contribution in [0.3, 0.4) is 0 Å². The number of hydrogen-bond acceptors (Lipinski definition) is 2. The van der Waals surface area contributed by atoms with Gasteiger partial charge >= 0.3 is 5.97 Å². The van der Waals surface area contributed by atoms with Gasteiger partial charge in [0.1, 0.15) is 0 Å². The zero-order chi connectivity index (χ0) is 16.3. The smallest absolute Gasteiger partial charge is 0.328 e. The zero-order valence-corrected chi connectivity index (χ0v) is 14.5. The summed E-state index contributed by atoms with van der Waals surface area (Å²) >= 11 is 0. The first kappa shape index (κ1) is 22.2. The number of aliphatic carboxylic acids is 1. The highest BCUT2D eigenvalue weighted by atomic mass is 16.4. The maximum atomic E-state index is 9.75. The summed E-state index contributed by atoms with van der Waals surface area (Å²) < 4.78 is 0. The molecule has 0 aliphatic carbocycles. The van der Waals surface area contributed by atoms with Crippen LogP contribution in [0.25, 0.3) is 0 Å². The molecular formula is C18H35NO2. The molecule has 0 aromatic rings. The average Bonchev–Trinajstić information content (AvgIpc) is 2.47. The molecule has 0 aliphatic rings. The van der Waals surface area contributed by atoms with Crippen molar-refractivity contribution in [3.8, 4) is 0 Å². The fourth-order valence-corrected chi connectivity index (χ4v) is 1.73. The third-order valence-electron chi connectivity index (χ3n) is 3.03. The van der Waals surface area contributed by atoms with Gasteiger partial charge in [-0.3, -0.25) is 0 Å². The lowest BCUT2D eigenvalue weighted by atomic mass is 10.2. The molecule has 0 rings (SSSR count). The molecule has 21 heavy (non-hydrogen) atoms. The standard InChI is InChI=1S/C12H27N.C6H8O2/c1-4-7-10-13(11-8-5-2)12-9-6-3;1-2-3-4-5-6(7)8/h4-12H2,1-3H3;2-5H,1H3,(H,7,8)/b;3-2+,5-4+. The van der Waals surface area contributed by atoms with E-state index in [0.29, 0.717) is 0 Å². The van der Waals surface area contributed by atoms with Crippen LogP contribution in [0.5, 0.6) is 0 Å². The third-order valence-corrected chi connectivity index (χ3v) is 3.03. The maximum Gasteiger partial charge on any atom is 0.328 e. The van der Waals surface area contributed by atoms with Crippen LogP contribution in [0.4, 0.5) is 0 Å². The summed E-state index contributed by atoms with van der Waals surface area (Å²) in [6, 6.07) is 0. The van der Waals surface area contributed by atoms with Gasteiger partial charge in [0.2, 0.25) is 0 Å². The number of hydrogen-bond donors (Lipinski definition) is 1. The largest absolute Gasteiger partial charge is 0.478 e. The van der Waals surface area contributed by atoms with E-state index >= 15 is 0 Å². The van der Waals surface area contributed by atoms with Gasteiger partial charge in [0.05, 0.1) is 0 Å². The highest BCUT2D eigenvalue weighted by Crippen LogP contribution is 2.01. The first-order valence-corrected chi connectivity index (χ1v) is 8.36. The van der Waals surface area contributed by atoms with E-state index in [1.807, 2.05) is 6.92 Å². The molecule has 3 heteroatoms. The average molecular weight is 297 g/mol. The van der Waals surface area contributed by atoms with E-state index in [1.165, 1.54) is 64.2 Å². The van der Waals surface area contributed by atoms with E-state index in [4.69, 9.17) is 5.11 Å². The van der Waals surface area contributed by atoms with Crippen molar-refractivity contribution in [2.75, 3.05) is 19.6 Å². The second-order valence-electron chi connectivity index (χ2n) is 5.13. The SMILES string of the molecule is C/C=C/C=C/C(=O)O.CCCCN(CCCC)CCCC. The van der Waals surface area contributed by atoms with E-state index in [-0.39, 0.29) is 0 Å². The van der Waals surface area contributed by atoms with Gasteiger partial charge in [-0.25, -0.2) is 4.79 Å². The van der Waals surface area contributed by atoms with Crippen LogP contribution >= 0.6 is 0 Å². The Kier molecular flexibility index (Phi) is 20.0. The van der Waals surface area contributed by atoms with Gasteiger partial charge in [-0.15, -0.1) is 0 Å². The van der Waals surface area contributed by atoms with E-state index in [9.17, 15) is 4.79 Å². The van der Waals surface area contributed by atoms with Gasteiger partial charge in [0.15, 0.2) is 0 Å². The van der Waals surface area contributed by atoms with E-state index in [0.717, 1.165) is 6.08 Å². The fraction of sp³-hybridized carbons (Fsp3) is 0.722. The van der Waals surface area contributed by atoms with Gasteiger partial charge in [-0.1, -0.05) is 58.3 Å². The van der Waals surface area contributed by atoms with Gasteiger partial charge in [-0.05, 0) is 45.8 Å². The quantitative estimate of drug-likeness (QED) is 0.436. The number of allylic oxidation sites excluding steroid dienone is 3. The van der Waals surface area contributed by atoms with Crippen LogP contribution < -0.4 is 0 Å². The van der Waals surface area contributed by atoms with Crippen LogP contribution in [0.1, 0.15) is 66.2 Å². The van der Waals surface area contributed by atoms with Crippen LogP contribution in [0, 0.1) is 0 Å². The van der Waals surface area contributed by atoms with Crippen molar-refractivity contribution in [3.63, 3.8) is 0 Å². The fourth-order valence-electron chi connectivity index (χ4n) is 1.73. The van der Waals surface area contributed by atoms with Crippen molar-refractivity contribution in [2.45, 2.75) is 66.2 Å². The maximum absolute atomic E-state index is 9.75. The Hall–Kier alpha value is -1.09. The molecule has 0 saturated carbocycles. The van der Waals surface area contributed by atoms with Crippen molar-refractivity contribution in [3.05, 3.63) is 24.3 Å². The molecule has 0 aromatic carbocycles. The highest BCUT2D eigenvalue weighted by Gasteiger charge is 2.01. The molecule has 0 fully saturated rings. The molecular weight excluding hydrogens is 262 g/mol. The molecule has 0 heterocycles. The summed E-state index contributed by atoms with van der Waals surface area (Å²) in [4.78, 5) is 12.4. The number of rotatable bonds is 11. The molecule has 0 atom stereocenters. The predicted molar refractivity (Wildman–Crippen MR) is 92.8 cm³/mol. The van der Waals surface area contributed by atoms with Crippen molar-refractivity contribution < 1.29 is 9.90 Å². The Bertz CT molecular complexity index is 253. The Morgan fingerprint density at radius 1 is 0.905 bits per heavy atom. The normalized spacial score (nSPS) is 11.1. The molecule has 124 valence electrons. The van der Waals surface area contributed by atoms with Crippen molar-refractivity contribution in [2.24, 2.45) is 0 Å². The predicted octanol–water partition coefficient (Wildman–Crippen LogP) is 4.89. The first-order valence-electron chi connectivity index (χ1n) is 8.36. The minimum Gasteiger partial charge on any atom is -0.478 e. The number of carbonyl (C=O) groups is 1. The van der Waals surface area contributed by atoms with E-state index in [2.05, 4.69) is 25.7 Å². The number of nitrogens with zero attached hydrogens (tertiary/aromatic N) is 1. The minimum absolute atomic E-state index is 0.914. The molecule has 0 spiro atoms. The summed E-state index contributed by atoms with van der Waals surface area (Å²) in [6.45, 7) is 12.6. The first-order chi connectivity index (χ1) is 10.1. The van der Waals surface area contributed by atoms with Crippen LogP contribution in [0.2, 0.25) is 0 Å². The summed E-state index contributed by atoms with van der Waals surface area (Å²) in [5.74, 6) is -0.914. The number of carboxylic acid groups (broad SMARTS) is 1. The van der Waals surface area contributed by atoms with Gasteiger partial charge in [-0.2, -0.15) is 0 Å². The molecule has 0 amide bonds. The Morgan fingerprint density at radius 3 is 1.62 bits per heavy atom. The van der Waals surface area contributed by atoms with Crippen molar-refractivity contribution >= 4 is 5.97 Å². The summed E-state index contributed by atoms with van der Waals surface area (Å²) in [5.41, 5.74) is 0. The lowest BCUT2D eigenvalue weighted by molar-refractivity contribution is -0.131. The second-order valence-corrected chi connectivity index (χ2v) is 5.13. The van der Waals surface area contributed by atoms with Crippen LogP contribution in [-0.2, 0) is 4.79 Å². The Balaban J connectivity index is 0. The zero-order valence-electron chi connectivity index (χ0n) is 14.5. The Morgan fingerprint density at radius 2 is 1.33 bits per heavy atom. The molecule has 0 bridgehead atoms. The molecule has 0 radical (unpaired) electrons. The third kappa shape index (κ3) is 21.4.